The van der Waals surface area contributed by atoms with E-state index in [4.69, 9.17) is 0 Å². The number of hydrogen-bond acceptors (Lipinski definition) is 5. The van der Waals surface area contributed by atoms with E-state index in [0.717, 1.165) is 0 Å². The van der Waals surface area contributed by atoms with Gasteiger partial charge in [0.2, 0.25) is 12.0 Å². The van der Waals surface area contributed by atoms with Gasteiger partial charge in [-0.15, -0.1) is 5.10 Å². The second-order valence-electron chi connectivity index (χ2n) is 8.48. The van der Waals surface area contributed by atoms with Gasteiger partial charge in [0.25, 0.3) is 0 Å². The minimum atomic E-state index is -5.61. The summed E-state index contributed by atoms with van der Waals surface area (Å²) >= 11 is 0. The van der Waals surface area contributed by atoms with Gasteiger partial charge in [-0.3, -0.25) is 10.1 Å². The van der Waals surface area contributed by atoms with Crippen LogP contribution in [0.5, 0.6) is 0 Å². The minimum absolute atomic E-state index is 0.0772. The Bertz CT molecular complexity index is 1220. The van der Waals surface area contributed by atoms with Crippen LogP contribution in [0.4, 0.5) is 32.2 Å². The van der Waals surface area contributed by atoms with Gasteiger partial charge in [-0.25, -0.2) is 4.68 Å². The number of alkyl halides is 6. The van der Waals surface area contributed by atoms with Crippen molar-refractivity contribution in [3.8, 4) is 16.9 Å². The number of hydrogen-bond donors (Lipinski definition) is 3. The van der Waals surface area contributed by atoms with Crippen molar-refractivity contribution in [3.05, 3.63) is 66.2 Å². The van der Waals surface area contributed by atoms with Crippen LogP contribution in [0.1, 0.15) is 12.0 Å². The zero-order valence-corrected chi connectivity index (χ0v) is 19.1. The number of anilines is 1. The third-order valence-electron chi connectivity index (χ3n) is 5.67. The monoisotopic (exact) mass is 528 g/mol. The molecular formula is C24H22F6N4O3. The Morgan fingerprint density at radius 2 is 1.78 bits per heavy atom. The van der Waals surface area contributed by atoms with Gasteiger partial charge in [-0.1, -0.05) is 36.4 Å². The van der Waals surface area contributed by atoms with Crippen molar-refractivity contribution in [3.63, 3.8) is 0 Å². The maximum absolute atomic E-state index is 12.8. The number of carbonyl (C=O) groups is 1. The van der Waals surface area contributed by atoms with Crippen molar-refractivity contribution >= 4 is 11.7 Å². The van der Waals surface area contributed by atoms with Gasteiger partial charge >= 0.3 is 12.4 Å². The molecule has 3 aromatic rings. The van der Waals surface area contributed by atoms with Crippen molar-refractivity contribution < 1.29 is 41.0 Å². The van der Waals surface area contributed by atoms with E-state index in [1.807, 2.05) is 0 Å². The molecule has 37 heavy (non-hydrogen) atoms. The molecule has 0 spiro atoms. The van der Waals surface area contributed by atoms with Crippen molar-refractivity contribution in [2.75, 3.05) is 11.9 Å². The largest absolute Gasteiger partial charge is 0.423 e. The standard InChI is InChI=1S/C24H22F6N4O3/c25-23(26,27)22(24(28,29)30)37-13-14-5-4-6-15(9-14)18-11-19(32-21(36)16-10-20(35)31-12-16)33-34(18)17-7-2-1-3-8-17/h1-9,11,16,20,22,31,35H,10,12-13H2,(H,32,33,36)/t16-,20?/m0/s1. The van der Waals surface area contributed by atoms with Crippen molar-refractivity contribution in [1.82, 2.24) is 15.1 Å². The third kappa shape index (κ3) is 6.48. The number of benzene rings is 2. The Morgan fingerprint density at radius 3 is 2.41 bits per heavy atom. The average molecular weight is 528 g/mol. The van der Waals surface area contributed by atoms with Crippen molar-refractivity contribution in [2.24, 2.45) is 5.92 Å². The smallest absolute Gasteiger partial charge is 0.379 e. The van der Waals surface area contributed by atoms with E-state index in [1.165, 1.54) is 28.9 Å². The van der Waals surface area contributed by atoms with Crippen molar-refractivity contribution in [1.29, 1.82) is 0 Å². The fourth-order valence-electron chi connectivity index (χ4n) is 3.93. The number of nitrogens with one attached hydrogen (secondary N) is 2. The normalized spacial score (nSPS) is 18.4. The first kappa shape index (κ1) is 26.6. The topological polar surface area (TPSA) is 88.4 Å². The minimum Gasteiger partial charge on any atom is -0.379 e. The first-order valence-corrected chi connectivity index (χ1v) is 11.1. The lowest BCUT2D eigenvalue weighted by Gasteiger charge is -2.23. The lowest BCUT2D eigenvalue weighted by atomic mass is 10.1. The summed E-state index contributed by atoms with van der Waals surface area (Å²) in [5, 5.41) is 19.5. The molecule has 1 fully saturated rings. The molecule has 13 heteroatoms. The summed E-state index contributed by atoms with van der Waals surface area (Å²) in [4.78, 5) is 12.6. The zero-order valence-electron chi connectivity index (χ0n) is 19.1. The number of aromatic nitrogens is 2. The number of aliphatic hydroxyl groups excluding tert-OH is 1. The van der Waals surface area contributed by atoms with Crippen LogP contribution in [0.3, 0.4) is 0 Å². The molecule has 0 radical (unpaired) electrons. The number of para-hydroxylation sites is 1. The summed E-state index contributed by atoms with van der Waals surface area (Å²) in [6.45, 7) is -0.643. The molecule has 0 saturated carbocycles. The molecule has 1 saturated heterocycles. The molecule has 1 aliphatic heterocycles. The number of rotatable bonds is 7. The van der Waals surface area contributed by atoms with E-state index in [9.17, 15) is 36.2 Å². The molecule has 2 heterocycles. The van der Waals surface area contributed by atoms with Crippen LogP contribution in [0, 0.1) is 5.92 Å². The number of amides is 1. The SMILES string of the molecule is O=C(Nc1cc(-c2cccc(COC(C(F)(F)F)C(F)(F)F)c2)n(-c2ccccc2)n1)[C@@H]1CNC(O)C1. The highest BCUT2D eigenvalue weighted by molar-refractivity contribution is 5.92. The van der Waals surface area contributed by atoms with Gasteiger partial charge < -0.3 is 15.2 Å². The summed E-state index contributed by atoms with van der Waals surface area (Å²) in [5.74, 6) is -0.655. The number of nitrogens with zero attached hydrogens (tertiary/aromatic N) is 2. The Balaban J connectivity index is 1.61. The molecule has 1 unspecified atom stereocenters. The molecule has 0 bridgehead atoms. The Morgan fingerprint density at radius 1 is 1.08 bits per heavy atom. The predicted molar refractivity (Wildman–Crippen MR) is 120 cm³/mol. The molecule has 4 rings (SSSR count). The van der Waals surface area contributed by atoms with E-state index in [2.05, 4.69) is 20.5 Å². The number of carbonyl (C=O) groups excluding carboxylic acids is 1. The Labute approximate surface area is 207 Å². The van der Waals surface area contributed by atoms with Crippen LogP contribution < -0.4 is 10.6 Å². The maximum atomic E-state index is 12.8. The van der Waals surface area contributed by atoms with E-state index in [1.54, 1.807) is 36.4 Å². The summed E-state index contributed by atoms with van der Waals surface area (Å²) < 4.78 is 82.7. The maximum Gasteiger partial charge on any atom is 0.423 e. The van der Waals surface area contributed by atoms with Crippen LogP contribution in [0.2, 0.25) is 0 Å². The van der Waals surface area contributed by atoms with Crippen LogP contribution in [-0.4, -0.2) is 52.0 Å². The fraction of sp³-hybridized carbons (Fsp3) is 0.333. The molecule has 0 aliphatic carbocycles. The van der Waals surface area contributed by atoms with E-state index >= 15 is 0 Å². The van der Waals surface area contributed by atoms with Gasteiger partial charge in [0.15, 0.2) is 5.82 Å². The van der Waals surface area contributed by atoms with Crippen LogP contribution in [0.15, 0.2) is 60.7 Å². The van der Waals surface area contributed by atoms with Crippen LogP contribution >= 0.6 is 0 Å². The second kappa shape index (κ2) is 10.5. The summed E-state index contributed by atoms with van der Waals surface area (Å²) in [6.07, 6.45) is -15.7. The molecule has 198 valence electrons. The quantitative estimate of drug-likeness (QED) is 0.396. The molecule has 1 amide bonds. The molecule has 1 aliphatic rings. The van der Waals surface area contributed by atoms with E-state index in [0.29, 0.717) is 16.9 Å². The summed E-state index contributed by atoms with van der Waals surface area (Å²) in [6, 6.07) is 16.1. The number of ether oxygens (including phenoxy) is 1. The van der Waals surface area contributed by atoms with Crippen molar-refractivity contribution in [2.45, 2.75) is 37.7 Å². The zero-order chi connectivity index (χ0) is 26.8. The van der Waals surface area contributed by atoms with Gasteiger partial charge in [0.1, 0.15) is 6.23 Å². The summed E-state index contributed by atoms with van der Waals surface area (Å²) in [7, 11) is 0. The highest BCUT2D eigenvalue weighted by Gasteiger charge is 2.57. The molecule has 7 nitrogen and oxygen atoms in total. The van der Waals surface area contributed by atoms with Gasteiger partial charge in [-0.2, -0.15) is 26.3 Å². The molecule has 3 N–H and O–H groups in total. The first-order chi connectivity index (χ1) is 17.4. The van der Waals surface area contributed by atoms with Gasteiger partial charge in [0, 0.05) is 18.2 Å². The third-order valence-corrected chi connectivity index (χ3v) is 5.67. The molecule has 1 aromatic heterocycles. The lowest BCUT2D eigenvalue weighted by Crippen LogP contribution is -2.44. The average Bonchev–Trinajstić information content (AvgIpc) is 3.45. The van der Waals surface area contributed by atoms with E-state index in [-0.39, 0.29) is 30.3 Å². The fourth-order valence-corrected chi connectivity index (χ4v) is 3.93. The lowest BCUT2D eigenvalue weighted by molar-refractivity contribution is -0.324. The predicted octanol–water partition coefficient (Wildman–Crippen LogP) is 4.42. The number of halogens is 6. The number of aliphatic hydroxyl groups is 1. The molecule has 2 atom stereocenters. The Kier molecular flexibility index (Phi) is 7.57. The Hall–Kier alpha value is -3.42. The first-order valence-electron chi connectivity index (χ1n) is 11.1. The summed E-state index contributed by atoms with van der Waals surface area (Å²) in [5.41, 5.74) is 1.53. The molecule has 2 aromatic carbocycles. The highest BCUT2D eigenvalue weighted by Crippen LogP contribution is 2.36. The van der Waals surface area contributed by atoms with Crippen LogP contribution in [0.25, 0.3) is 16.9 Å². The molecular weight excluding hydrogens is 506 g/mol. The van der Waals surface area contributed by atoms with Gasteiger partial charge in [-0.05, 0) is 30.2 Å². The highest BCUT2D eigenvalue weighted by atomic mass is 19.4. The van der Waals surface area contributed by atoms with E-state index < -0.39 is 37.2 Å². The second-order valence-corrected chi connectivity index (χ2v) is 8.48. The van der Waals surface area contributed by atoms with Gasteiger partial charge in [0.05, 0.1) is 23.9 Å². The van der Waals surface area contributed by atoms with Crippen LogP contribution in [-0.2, 0) is 16.1 Å².